The second-order valence-electron chi connectivity index (χ2n) is 5.14. The van der Waals surface area contributed by atoms with Crippen LogP contribution in [0.3, 0.4) is 0 Å². The zero-order valence-corrected chi connectivity index (χ0v) is 14.4. The van der Waals surface area contributed by atoms with Gasteiger partial charge in [-0.15, -0.1) is 0 Å². The molecule has 0 atom stereocenters. The first-order valence-corrected chi connectivity index (χ1v) is 9.32. The molecule has 0 saturated carbocycles. The van der Waals surface area contributed by atoms with E-state index in [1.807, 2.05) is 0 Å². The standard InChI is InChI=1S/C16H16ClFN2O3S/c1-24(22,23)12-6-7-13(17)15(10-12)20-16(21)19-9-8-11-4-2-3-5-14(11)18/h2-7,10H,8-9H2,1H3,(H2,19,20,21). The van der Waals surface area contributed by atoms with Crippen molar-refractivity contribution in [2.24, 2.45) is 0 Å². The van der Waals surface area contributed by atoms with Crippen molar-refractivity contribution < 1.29 is 17.6 Å². The Hall–Kier alpha value is -2.12. The molecule has 0 aliphatic heterocycles. The number of halogens is 2. The van der Waals surface area contributed by atoms with E-state index in [4.69, 9.17) is 11.6 Å². The van der Waals surface area contributed by atoms with Crippen LogP contribution in [0.25, 0.3) is 0 Å². The minimum absolute atomic E-state index is 0.0496. The van der Waals surface area contributed by atoms with Gasteiger partial charge in [-0.3, -0.25) is 0 Å². The Bertz CT molecular complexity index is 856. The van der Waals surface area contributed by atoms with Gasteiger partial charge in [0.2, 0.25) is 0 Å². The Morgan fingerprint density at radius 2 is 1.92 bits per heavy atom. The van der Waals surface area contributed by atoms with Gasteiger partial charge in [-0.2, -0.15) is 0 Å². The van der Waals surface area contributed by atoms with E-state index in [9.17, 15) is 17.6 Å². The number of sulfone groups is 1. The maximum atomic E-state index is 13.5. The summed E-state index contributed by atoms with van der Waals surface area (Å²) in [6.45, 7) is 0.218. The second kappa shape index (κ2) is 7.63. The van der Waals surface area contributed by atoms with E-state index in [0.29, 0.717) is 12.0 Å². The van der Waals surface area contributed by atoms with Crippen LogP contribution in [0, 0.1) is 5.82 Å². The minimum Gasteiger partial charge on any atom is -0.338 e. The highest BCUT2D eigenvalue weighted by atomic mass is 35.5. The summed E-state index contributed by atoms with van der Waals surface area (Å²) in [7, 11) is -3.41. The third kappa shape index (κ3) is 4.94. The van der Waals surface area contributed by atoms with Crippen molar-refractivity contribution in [3.05, 3.63) is 58.9 Å². The lowest BCUT2D eigenvalue weighted by molar-refractivity contribution is 0.252. The number of benzene rings is 2. The smallest absolute Gasteiger partial charge is 0.319 e. The zero-order valence-electron chi connectivity index (χ0n) is 12.8. The van der Waals surface area contributed by atoms with Crippen molar-refractivity contribution in [3.63, 3.8) is 0 Å². The summed E-state index contributed by atoms with van der Waals surface area (Å²) >= 11 is 5.95. The van der Waals surface area contributed by atoms with Gasteiger partial charge in [0.25, 0.3) is 0 Å². The number of nitrogens with one attached hydrogen (secondary N) is 2. The molecule has 0 aromatic heterocycles. The molecule has 5 nitrogen and oxygen atoms in total. The molecule has 24 heavy (non-hydrogen) atoms. The van der Waals surface area contributed by atoms with Crippen molar-refractivity contribution in [1.29, 1.82) is 0 Å². The van der Waals surface area contributed by atoms with Gasteiger partial charge in [0.15, 0.2) is 9.84 Å². The van der Waals surface area contributed by atoms with Crippen molar-refractivity contribution in [3.8, 4) is 0 Å². The average molecular weight is 371 g/mol. The number of amides is 2. The van der Waals surface area contributed by atoms with Crippen LogP contribution < -0.4 is 10.6 Å². The van der Waals surface area contributed by atoms with Crippen molar-refractivity contribution >= 4 is 33.2 Å². The Balaban J connectivity index is 1.96. The number of anilines is 1. The van der Waals surface area contributed by atoms with Crippen LogP contribution in [0.4, 0.5) is 14.9 Å². The molecule has 0 radical (unpaired) electrons. The Morgan fingerprint density at radius 3 is 2.58 bits per heavy atom. The molecule has 2 N–H and O–H groups in total. The van der Waals surface area contributed by atoms with E-state index >= 15 is 0 Å². The molecule has 0 fully saturated rings. The number of carbonyl (C=O) groups excluding carboxylic acids is 1. The predicted octanol–water partition coefficient (Wildman–Crippen LogP) is 3.25. The lowest BCUT2D eigenvalue weighted by Crippen LogP contribution is -2.30. The molecule has 0 aliphatic rings. The molecule has 0 bridgehead atoms. The van der Waals surface area contributed by atoms with Crippen molar-refractivity contribution in [1.82, 2.24) is 5.32 Å². The van der Waals surface area contributed by atoms with Gasteiger partial charge in [0.05, 0.1) is 15.6 Å². The maximum Gasteiger partial charge on any atom is 0.319 e. The number of rotatable bonds is 5. The van der Waals surface area contributed by atoms with Gasteiger partial charge in [-0.05, 0) is 36.2 Å². The Kier molecular flexibility index (Phi) is 5.80. The van der Waals surface area contributed by atoms with Gasteiger partial charge >= 0.3 is 6.03 Å². The van der Waals surface area contributed by atoms with E-state index in [1.54, 1.807) is 18.2 Å². The van der Waals surface area contributed by atoms with E-state index in [-0.39, 0.29) is 28.0 Å². The number of hydrogen-bond acceptors (Lipinski definition) is 3. The first kappa shape index (κ1) is 18.2. The van der Waals surface area contributed by atoms with Crippen molar-refractivity contribution in [2.75, 3.05) is 18.1 Å². The van der Waals surface area contributed by atoms with Crippen LogP contribution in [0.5, 0.6) is 0 Å². The third-order valence-corrected chi connectivity index (χ3v) is 4.69. The van der Waals surface area contributed by atoms with E-state index in [0.717, 1.165) is 6.26 Å². The fourth-order valence-corrected chi connectivity index (χ4v) is 2.82. The number of urea groups is 1. The molecular formula is C16H16ClFN2O3S. The van der Waals surface area contributed by atoms with E-state index in [2.05, 4.69) is 10.6 Å². The highest BCUT2D eigenvalue weighted by Gasteiger charge is 2.12. The molecule has 2 aromatic rings. The quantitative estimate of drug-likeness (QED) is 0.848. The summed E-state index contributed by atoms with van der Waals surface area (Å²) in [6, 6.07) is 9.79. The van der Waals surface area contributed by atoms with Crippen LogP contribution in [0.1, 0.15) is 5.56 Å². The van der Waals surface area contributed by atoms with Crippen LogP contribution >= 0.6 is 11.6 Å². The molecule has 8 heteroatoms. The Morgan fingerprint density at radius 1 is 1.21 bits per heavy atom. The normalized spacial score (nSPS) is 11.1. The summed E-state index contributed by atoms with van der Waals surface area (Å²) in [5.41, 5.74) is 0.679. The molecule has 2 aromatic carbocycles. The first-order chi connectivity index (χ1) is 11.3. The Labute approximate surface area is 144 Å². The second-order valence-corrected chi connectivity index (χ2v) is 7.56. The molecule has 0 aliphatic carbocycles. The lowest BCUT2D eigenvalue weighted by atomic mass is 10.1. The summed E-state index contributed by atoms with van der Waals surface area (Å²) < 4.78 is 36.5. The summed E-state index contributed by atoms with van der Waals surface area (Å²) in [6.07, 6.45) is 1.39. The van der Waals surface area contributed by atoms with Gasteiger partial charge in [-0.25, -0.2) is 17.6 Å². The van der Waals surface area contributed by atoms with Crippen LogP contribution in [0.15, 0.2) is 47.4 Å². The fourth-order valence-electron chi connectivity index (χ4n) is 2.01. The zero-order chi connectivity index (χ0) is 17.7. The number of hydrogen-bond donors (Lipinski definition) is 2. The van der Waals surface area contributed by atoms with Crippen molar-refractivity contribution in [2.45, 2.75) is 11.3 Å². The monoisotopic (exact) mass is 370 g/mol. The third-order valence-electron chi connectivity index (χ3n) is 3.25. The molecule has 0 saturated heterocycles. The molecule has 0 spiro atoms. The summed E-state index contributed by atoms with van der Waals surface area (Å²) in [4.78, 5) is 11.9. The molecule has 0 unspecified atom stereocenters. The predicted molar refractivity (Wildman–Crippen MR) is 91.7 cm³/mol. The maximum absolute atomic E-state index is 13.5. The topological polar surface area (TPSA) is 75.3 Å². The van der Waals surface area contributed by atoms with Gasteiger partial charge in [0, 0.05) is 12.8 Å². The van der Waals surface area contributed by atoms with E-state index < -0.39 is 15.9 Å². The van der Waals surface area contributed by atoms with Crippen LogP contribution in [-0.4, -0.2) is 27.2 Å². The van der Waals surface area contributed by atoms with Gasteiger partial charge < -0.3 is 10.6 Å². The molecule has 128 valence electrons. The number of carbonyl (C=O) groups is 1. The minimum atomic E-state index is -3.41. The van der Waals surface area contributed by atoms with Gasteiger partial charge in [0.1, 0.15) is 5.82 Å². The fraction of sp³-hybridized carbons (Fsp3) is 0.188. The lowest BCUT2D eigenvalue weighted by Gasteiger charge is -2.10. The van der Waals surface area contributed by atoms with E-state index in [1.165, 1.54) is 24.3 Å². The SMILES string of the molecule is CS(=O)(=O)c1ccc(Cl)c(NC(=O)NCCc2ccccc2F)c1. The van der Waals surface area contributed by atoms with Crippen LogP contribution in [-0.2, 0) is 16.3 Å². The van der Waals surface area contributed by atoms with Crippen LogP contribution in [0.2, 0.25) is 5.02 Å². The molecular weight excluding hydrogens is 355 g/mol. The summed E-state index contributed by atoms with van der Waals surface area (Å²) in [5.74, 6) is -0.330. The first-order valence-electron chi connectivity index (χ1n) is 7.05. The molecule has 2 amide bonds. The largest absolute Gasteiger partial charge is 0.338 e. The summed E-state index contributed by atoms with van der Waals surface area (Å²) in [5, 5.41) is 5.27. The average Bonchev–Trinajstić information content (AvgIpc) is 2.50. The molecule has 0 heterocycles. The molecule has 2 rings (SSSR count). The highest BCUT2D eigenvalue weighted by Crippen LogP contribution is 2.25. The highest BCUT2D eigenvalue weighted by molar-refractivity contribution is 7.90. The van der Waals surface area contributed by atoms with Gasteiger partial charge in [-0.1, -0.05) is 29.8 Å².